The van der Waals surface area contributed by atoms with Crippen molar-refractivity contribution in [2.75, 3.05) is 26.3 Å². The fourth-order valence-corrected chi connectivity index (χ4v) is 6.63. The van der Waals surface area contributed by atoms with E-state index in [1.165, 1.54) is 12.1 Å². The number of aryl methyl sites for hydroxylation is 2. The number of halogens is 3. The van der Waals surface area contributed by atoms with Gasteiger partial charge < -0.3 is 24.6 Å². The van der Waals surface area contributed by atoms with E-state index in [2.05, 4.69) is 5.32 Å². The summed E-state index contributed by atoms with van der Waals surface area (Å²) in [5, 5.41) is 4.13. The number of amides is 2. The van der Waals surface area contributed by atoms with Crippen molar-refractivity contribution in [3.8, 4) is 11.5 Å². The highest BCUT2D eigenvalue weighted by Crippen LogP contribution is 2.38. The molecule has 2 atom stereocenters. The molecule has 7 nitrogen and oxygen atoms in total. The van der Waals surface area contributed by atoms with Gasteiger partial charge in [0.15, 0.2) is 0 Å². The van der Waals surface area contributed by atoms with E-state index >= 15 is 0 Å². The number of ether oxygens (including phenoxy) is 2. The molecule has 2 fully saturated rings. The number of carbonyl (C=O) groups is 2. The molecule has 2 aliphatic heterocycles. The molecule has 1 saturated heterocycles. The highest BCUT2D eigenvalue weighted by molar-refractivity contribution is 6.32. The predicted molar refractivity (Wildman–Crippen MR) is 173 cm³/mol. The minimum absolute atomic E-state index is 0.00509. The number of benzene rings is 3. The molecule has 1 N–H and O–H groups in total. The maximum atomic E-state index is 14.4. The van der Waals surface area contributed by atoms with Crippen LogP contribution in [0.1, 0.15) is 48.4 Å². The van der Waals surface area contributed by atoms with E-state index in [1.807, 2.05) is 50.2 Å². The van der Waals surface area contributed by atoms with Crippen LogP contribution >= 0.6 is 11.6 Å². The van der Waals surface area contributed by atoms with Gasteiger partial charge in [-0.2, -0.15) is 0 Å². The lowest BCUT2D eigenvalue weighted by molar-refractivity contribution is -0.132. The average Bonchev–Trinajstić information content (AvgIpc) is 3.85. The zero-order chi connectivity index (χ0) is 32.5. The van der Waals surface area contributed by atoms with Crippen LogP contribution in [0.4, 0.5) is 8.78 Å². The van der Waals surface area contributed by atoms with Gasteiger partial charge in [0.05, 0.1) is 11.1 Å². The molecule has 2 bridgehead atoms. The molecule has 0 unspecified atom stereocenters. The number of nitrogens with one attached hydrogen (secondary N) is 1. The molecule has 242 valence electrons. The van der Waals surface area contributed by atoms with Crippen LogP contribution in [0.15, 0.2) is 60.2 Å². The van der Waals surface area contributed by atoms with Crippen LogP contribution in [-0.2, 0) is 16.1 Å². The monoisotopic (exact) mass is 649 g/mol. The summed E-state index contributed by atoms with van der Waals surface area (Å²) in [5.74, 6) is -0.274. The number of nitrogens with zero attached hydrogens (tertiary/aromatic N) is 2. The van der Waals surface area contributed by atoms with Gasteiger partial charge in [-0.05, 0) is 97.3 Å². The van der Waals surface area contributed by atoms with Crippen molar-refractivity contribution in [2.45, 2.75) is 64.7 Å². The van der Waals surface area contributed by atoms with Crippen molar-refractivity contribution in [3.05, 3.63) is 99.1 Å². The van der Waals surface area contributed by atoms with Crippen LogP contribution in [-0.4, -0.2) is 66.0 Å². The summed E-state index contributed by atoms with van der Waals surface area (Å²) in [4.78, 5) is 30.3. The molecular formula is C36H38ClF2N3O4. The summed E-state index contributed by atoms with van der Waals surface area (Å²) in [5.41, 5.74) is 5.01. The molecule has 0 spiro atoms. The topological polar surface area (TPSA) is 71.1 Å². The van der Waals surface area contributed by atoms with Gasteiger partial charge in [0.2, 0.25) is 5.91 Å². The van der Waals surface area contributed by atoms with E-state index in [0.29, 0.717) is 60.4 Å². The number of rotatable bonds is 10. The van der Waals surface area contributed by atoms with E-state index in [-0.39, 0.29) is 36.5 Å². The second kappa shape index (κ2) is 13.4. The van der Waals surface area contributed by atoms with Crippen LogP contribution in [0.2, 0.25) is 5.02 Å². The van der Waals surface area contributed by atoms with Gasteiger partial charge in [-0.25, -0.2) is 8.78 Å². The van der Waals surface area contributed by atoms with Crippen LogP contribution < -0.4 is 14.8 Å². The van der Waals surface area contributed by atoms with Crippen molar-refractivity contribution in [1.82, 2.24) is 15.1 Å². The lowest BCUT2D eigenvalue weighted by atomic mass is 9.82. The Morgan fingerprint density at radius 1 is 0.957 bits per heavy atom. The first kappa shape index (κ1) is 32.0. The average molecular weight is 650 g/mol. The molecule has 6 rings (SSSR count). The number of carbonyl (C=O) groups excluding carboxylic acids is 2. The Labute approximate surface area is 273 Å². The van der Waals surface area contributed by atoms with Gasteiger partial charge in [-0.15, -0.1) is 0 Å². The Morgan fingerprint density at radius 2 is 1.63 bits per heavy atom. The number of piperazine rings is 1. The second-order valence-corrected chi connectivity index (χ2v) is 12.9. The highest BCUT2D eigenvalue weighted by Gasteiger charge is 2.43. The van der Waals surface area contributed by atoms with E-state index < -0.39 is 11.6 Å². The highest BCUT2D eigenvalue weighted by atomic mass is 35.5. The molecule has 3 aliphatic rings. The SMILES string of the molecule is CC(=O)N1C[C@H]2CC(c3ccc(OCCOc4cc(C)c(C)cc4Cl)cc3)=C(C(=O)N(Cc3cc(F)cc(F)c3)C3CC3)[C@@H](C1)N2. The molecule has 0 radical (unpaired) electrons. The van der Waals surface area contributed by atoms with Crippen LogP contribution in [0, 0.1) is 25.5 Å². The Morgan fingerprint density at radius 3 is 2.30 bits per heavy atom. The molecular weight excluding hydrogens is 612 g/mol. The molecule has 2 amide bonds. The molecule has 3 aromatic rings. The fourth-order valence-electron chi connectivity index (χ4n) is 6.36. The third-order valence-electron chi connectivity index (χ3n) is 8.96. The van der Waals surface area contributed by atoms with Gasteiger partial charge in [-0.3, -0.25) is 9.59 Å². The maximum absolute atomic E-state index is 14.4. The summed E-state index contributed by atoms with van der Waals surface area (Å²) in [6.07, 6.45) is 2.22. The third kappa shape index (κ3) is 7.21. The normalized spacial score (nSPS) is 19.2. The van der Waals surface area contributed by atoms with Crippen molar-refractivity contribution >= 4 is 29.0 Å². The Kier molecular flexibility index (Phi) is 9.34. The lowest BCUT2D eigenvalue weighted by Crippen LogP contribution is -2.61. The summed E-state index contributed by atoms with van der Waals surface area (Å²) in [7, 11) is 0. The summed E-state index contributed by atoms with van der Waals surface area (Å²) < 4.78 is 39.9. The van der Waals surface area contributed by atoms with Gasteiger partial charge in [-0.1, -0.05) is 23.7 Å². The summed E-state index contributed by atoms with van der Waals surface area (Å²) >= 11 is 6.32. The van der Waals surface area contributed by atoms with Gasteiger partial charge in [0.1, 0.15) is 36.3 Å². The van der Waals surface area contributed by atoms with E-state index in [9.17, 15) is 18.4 Å². The van der Waals surface area contributed by atoms with E-state index in [4.69, 9.17) is 21.1 Å². The third-order valence-corrected chi connectivity index (χ3v) is 9.26. The van der Waals surface area contributed by atoms with Crippen molar-refractivity contribution in [2.24, 2.45) is 0 Å². The number of fused-ring (bicyclic) bond motifs is 2. The zero-order valence-electron chi connectivity index (χ0n) is 26.2. The molecule has 10 heteroatoms. The molecule has 46 heavy (non-hydrogen) atoms. The molecule has 2 heterocycles. The molecule has 1 saturated carbocycles. The minimum Gasteiger partial charge on any atom is -0.490 e. The van der Waals surface area contributed by atoms with Gasteiger partial charge in [0, 0.05) is 50.3 Å². The number of hydrogen-bond donors (Lipinski definition) is 1. The molecule has 0 aromatic heterocycles. The first-order valence-corrected chi connectivity index (χ1v) is 16.1. The second-order valence-electron chi connectivity index (χ2n) is 12.5. The number of hydrogen-bond acceptors (Lipinski definition) is 5. The maximum Gasteiger partial charge on any atom is 0.252 e. The quantitative estimate of drug-likeness (QED) is 0.264. The zero-order valence-corrected chi connectivity index (χ0v) is 27.0. The predicted octanol–water partition coefficient (Wildman–Crippen LogP) is 6.23. The minimum atomic E-state index is -0.674. The summed E-state index contributed by atoms with van der Waals surface area (Å²) in [6.45, 7) is 7.22. The summed E-state index contributed by atoms with van der Waals surface area (Å²) in [6, 6.07) is 14.5. The van der Waals surface area contributed by atoms with E-state index in [0.717, 1.165) is 41.2 Å². The molecule has 3 aromatic carbocycles. The van der Waals surface area contributed by atoms with Crippen molar-refractivity contribution in [3.63, 3.8) is 0 Å². The Hall–Kier alpha value is -3.95. The Balaban J connectivity index is 1.23. The fraction of sp³-hybridized carbons (Fsp3) is 0.389. The van der Waals surface area contributed by atoms with Crippen LogP contribution in [0.5, 0.6) is 11.5 Å². The van der Waals surface area contributed by atoms with Gasteiger partial charge in [0.25, 0.3) is 5.91 Å². The van der Waals surface area contributed by atoms with Crippen LogP contribution in [0.3, 0.4) is 0 Å². The largest absolute Gasteiger partial charge is 0.490 e. The Bertz CT molecular complexity index is 1650. The smallest absolute Gasteiger partial charge is 0.252 e. The lowest BCUT2D eigenvalue weighted by Gasteiger charge is -2.44. The molecule has 1 aliphatic carbocycles. The standard InChI is InChI=1S/C36H38ClF2N3O4/c1-21-12-32(37)34(13-22(21)2)46-11-10-45-30-8-4-25(5-9-30)31-17-28-19-41(23(3)43)20-33(40-28)35(31)36(44)42(29-6-7-29)18-24-14-26(38)16-27(39)15-24/h4-5,8-9,12-16,28-29,33,40H,6-7,10-11,17-20H2,1-3H3/t28-,33-/m1/s1. The van der Waals surface area contributed by atoms with Crippen molar-refractivity contribution in [1.29, 1.82) is 0 Å². The van der Waals surface area contributed by atoms with Gasteiger partial charge >= 0.3 is 0 Å². The van der Waals surface area contributed by atoms with Crippen LogP contribution in [0.25, 0.3) is 5.57 Å². The first-order valence-electron chi connectivity index (χ1n) is 15.7. The van der Waals surface area contributed by atoms with E-state index in [1.54, 1.807) is 16.7 Å². The first-order chi connectivity index (χ1) is 22.0. The van der Waals surface area contributed by atoms with Crippen molar-refractivity contribution < 1.29 is 27.8 Å².